The van der Waals surface area contributed by atoms with Crippen LogP contribution in [-0.2, 0) is 6.54 Å². The quantitative estimate of drug-likeness (QED) is 0.780. The first-order valence-corrected chi connectivity index (χ1v) is 6.83. The van der Waals surface area contributed by atoms with Crippen molar-refractivity contribution in [2.24, 2.45) is 0 Å². The molecule has 1 heterocycles. The number of pyridine rings is 1. The van der Waals surface area contributed by atoms with Gasteiger partial charge in [0.2, 0.25) is 0 Å². The Bertz CT molecular complexity index is 405. The Kier molecular flexibility index (Phi) is 6.26. The van der Waals surface area contributed by atoms with Gasteiger partial charge in [0.1, 0.15) is 12.4 Å². The first-order chi connectivity index (χ1) is 9.35. The molecule has 6 heteroatoms. The van der Waals surface area contributed by atoms with E-state index in [0.717, 1.165) is 18.5 Å². The molecule has 0 aromatic carbocycles. The van der Waals surface area contributed by atoms with Crippen molar-refractivity contribution < 1.29 is 13.2 Å². The number of nitrogens with one attached hydrogen (secondary N) is 1. The van der Waals surface area contributed by atoms with E-state index in [1.807, 2.05) is 13.0 Å². The van der Waals surface area contributed by atoms with E-state index in [4.69, 9.17) is 0 Å². The van der Waals surface area contributed by atoms with Gasteiger partial charge in [0, 0.05) is 24.3 Å². The number of halogens is 3. The van der Waals surface area contributed by atoms with E-state index in [1.165, 1.54) is 11.1 Å². The molecular weight excluding hydrogens is 267 g/mol. The van der Waals surface area contributed by atoms with Crippen molar-refractivity contribution in [3.8, 4) is 0 Å². The Morgan fingerprint density at radius 3 is 2.60 bits per heavy atom. The van der Waals surface area contributed by atoms with Gasteiger partial charge in [-0.1, -0.05) is 13.0 Å². The van der Waals surface area contributed by atoms with Gasteiger partial charge in [0.15, 0.2) is 0 Å². The van der Waals surface area contributed by atoms with Gasteiger partial charge in [0.05, 0.1) is 0 Å². The maximum Gasteiger partial charge on any atom is 0.405 e. The van der Waals surface area contributed by atoms with E-state index in [0.29, 0.717) is 12.4 Å². The third-order valence-electron chi connectivity index (χ3n) is 2.85. The normalized spacial score (nSPS) is 11.9. The summed E-state index contributed by atoms with van der Waals surface area (Å²) < 4.78 is 38.1. The fourth-order valence-corrected chi connectivity index (χ4v) is 1.92. The predicted molar refractivity (Wildman–Crippen MR) is 74.8 cm³/mol. The smallest absolute Gasteiger partial charge is 0.345 e. The van der Waals surface area contributed by atoms with Gasteiger partial charge in [-0.15, -0.1) is 0 Å². The fraction of sp³-hybridized carbons (Fsp3) is 0.643. The molecule has 3 nitrogen and oxygen atoms in total. The molecule has 0 amide bonds. The SMILES string of the molecule is CCCNCc1cccnc1N(CC(F)(F)F)C(C)C. The molecular formula is C14H22F3N3. The highest BCUT2D eigenvalue weighted by Crippen LogP contribution is 2.25. The van der Waals surface area contributed by atoms with E-state index in [-0.39, 0.29) is 6.04 Å². The van der Waals surface area contributed by atoms with Crippen LogP contribution < -0.4 is 10.2 Å². The van der Waals surface area contributed by atoms with Gasteiger partial charge in [-0.2, -0.15) is 13.2 Å². The molecule has 0 aliphatic rings. The summed E-state index contributed by atoms with van der Waals surface area (Å²) in [5, 5.41) is 3.20. The molecule has 0 saturated carbocycles. The Labute approximate surface area is 118 Å². The zero-order chi connectivity index (χ0) is 15.2. The Hall–Kier alpha value is -1.30. The summed E-state index contributed by atoms with van der Waals surface area (Å²) in [7, 11) is 0. The standard InChI is InChI=1S/C14H22F3N3/c1-4-7-18-9-12-6-5-8-19-13(12)20(11(2)3)10-14(15,16)17/h5-6,8,11,18H,4,7,9-10H2,1-3H3. The number of hydrogen-bond donors (Lipinski definition) is 1. The third-order valence-corrected chi connectivity index (χ3v) is 2.85. The number of hydrogen-bond acceptors (Lipinski definition) is 3. The summed E-state index contributed by atoms with van der Waals surface area (Å²) in [6.45, 7) is 5.89. The Morgan fingerprint density at radius 2 is 2.05 bits per heavy atom. The van der Waals surface area contributed by atoms with Crippen molar-refractivity contribution in [1.29, 1.82) is 0 Å². The molecule has 0 spiro atoms. The second-order valence-electron chi connectivity index (χ2n) is 5.00. The second-order valence-corrected chi connectivity index (χ2v) is 5.00. The summed E-state index contributed by atoms with van der Waals surface area (Å²) >= 11 is 0. The van der Waals surface area contributed by atoms with Crippen molar-refractivity contribution in [3.63, 3.8) is 0 Å². The van der Waals surface area contributed by atoms with Crippen molar-refractivity contribution in [1.82, 2.24) is 10.3 Å². The first-order valence-electron chi connectivity index (χ1n) is 6.83. The molecule has 1 N–H and O–H groups in total. The van der Waals surface area contributed by atoms with Crippen LogP contribution >= 0.6 is 0 Å². The van der Waals surface area contributed by atoms with Crippen LogP contribution in [0.3, 0.4) is 0 Å². The minimum absolute atomic E-state index is 0.267. The van der Waals surface area contributed by atoms with E-state index in [2.05, 4.69) is 10.3 Å². The van der Waals surface area contributed by atoms with Gasteiger partial charge in [-0.3, -0.25) is 0 Å². The van der Waals surface area contributed by atoms with Crippen LogP contribution in [0.5, 0.6) is 0 Å². The molecule has 1 aromatic rings. The first kappa shape index (κ1) is 16.8. The van der Waals surface area contributed by atoms with Crippen molar-refractivity contribution in [2.75, 3.05) is 18.0 Å². The molecule has 0 unspecified atom stereocenters. The fourth-order valence-electron chi connectivity index (χ4n) is 1.92. The van der Waals surface area contributed by atoms with E-state index in [9.17, 15) is 13.2 Å². The van der Waals surface area contributed by atoms with E-state index in [1.54, 1.807) is 19.9 Å². The minimum Gasteiger partial charge on any atom is -0.345 e. The number of alkyl halides is 3. The van der Waals surface area contributed by atoms with E-state index < -0.39 is 12.7 Å². The van der Waals surface area contributed by atoms with Crippen molar-refractivity contribution >= 4 is 5.82 Å². The summed E-state index contributed by atoms with van der Waals surface area (Å²) in [6, 6.07) is 3.30. The molecule has 0 bridgehead atoms. The van der Waals surface area contributed by atoms with Crippen LogP contribution in [-0.4, -0.2) is 30.3 Å². The van der Waals surface area contributed by atoms with Crippen LogP contribution in [0.4, 0.5) is 19.0 Å². The second kappa shape index (κ2) is 7.47. The van der Waals surface area contributed by atoms with Gasteiger partial charge < -0.3 is 10.2 Å². The topological polar surface area (TPSA) is 28.2 Å². The zero-order valence-electron chi connectivity index (χ0n) is 12.2. The van der Waals surface area contributed by atoms with Crippen LogP contribution in [0, 0.1) is 0 Å². The molecule has 0 radical (unpaired) electrons. The van der Waals surface area contributed by atoms with Gasteiger partial charge in [-0.25, -0.2) is 4.98 Å². The summed E-state index contributed by atoms with van der Waals surface area (Å²) in [5.41, 5.74) is 0.791. The number of aromatic nitrogens is 1. The molecule has 0 aliphatic heterocycles. The van der Waals surface area contributed by atoms with Crippen molar-refractivity contribution in [2.45, 2.75) is 46.0 Å². The zero-order valence-corrected chi connectivity index (χ0v) is 12.2. The van der Waals surface area contributed by atoms with Gasteiger partial charge >= 0.3 is 6.18 Å². The highest BCUT2D eigenvalue weighted by atomic mass is 19.4. The lowest BCUT2D eigenvalue weighted by Crippen LogP contribution is -2.40. The molecule has 114 valence electrons. The average molecular weight is 289 g/mol. The summed E-state index contributed by atoms with van der Waals surface area (Å²) in [6.07, 6.45) is -1.73. The largest absolute Gasteiger partial charge is 0.405 e. The predicted octanol–water partition coefficient (Wildman–Crippen LogP) is 3.36. The lowest BCUT2D eigenvalue weighted by molar-refractivity contribution is -0.120. The minimum atomic E-state index is -4.24. The molecule has 0 fully saturated rings. The van der Waals surface area contributed by atoms with Crippen LogP contribution in [0.1, 0.15) is 32.8 Å². The average Bonchev–Trinajstić information content (AvgIpc) is 2.36. The number of nitrogens with zero attached hydrogens (tertiary/aromatic N) is 2. The molecule has 1 rings (SSSR count). The maximum absolute atomic E-state index is 12.7. The van der Waals surface area contributed by atoms with Crippen LogP contribution in [0.25, 0.3) is 0 Å². The maximum atomic E-state index is 12.7. The lowest BCUT2D eigenvalue weighted by Gasteiger charge is -2.30. The summed E-state index contributed by atoms with van der Waals surface area (Å²) in [4.78, 5) is 5.44. The van der Waals surface area contributed by atoms with Crippen molar-refractivity contribution in [3.05, 3.63) is 23.9 Å². The summed E-state index contributed by atoms with van der Waals surface area (Å²) in [5.74, 6) is 0.406. The van der Waals surface area contributed by atoms with E-state index >= 15 is 0 Å². The van der Waals surface area contributed by atoms with Gasteiger partial charge in [-0.05, 0) is 32.9 Å². The van der Waals surface area contributed by atoms with Crippen LogP contribution in [0.15, 0.2) is 18.3 Å². The lowest BCUT2D eigenvalue weighted by atomic mass is 10.2. The third kappa shape index (κ3) is 5.36. The van der Waals surface area contributed by atoms with Gasteiger partial charge in [0.25, 0.3) is 0 Å². The number of anilines is 1. The highest BCUT2D eigenvalue weighted by molar-refractivity contribution is 5.47. The Morgan fingerprint density at radius 1 is 1.35 bits per heavy atom. The Balaban J connectivity index is 2.95. The van der Waals surface area contributed by atoms with Crippen LogP contribution in [0.2, 0.25) is 0 Å². The molecule has 20 heavy (non-hydrogen) atoms. The molecule has 0 aliphatic carbocycles. The number of rotatable bonds is 7. The highest BCUT2D eigenvalue weighted by Gasteiger charge is 2.33. The monoisotopic (exact) mass is 289 g/mol. The molecule has 0 saturated heterocycles. The molecule has 1 aromatic heterocycles. The molecule has 0 atom stereocenters.